The molecule has 0 aliphatic carbocycles. The van der Waals surface area contributed by atoms with Crippen molar-refractivity contribution in [2.45, 2.75) is 6.54 Å². The van der Waals surface area contributed by atoms with Crippen molar-refractivity contribution >= 4 is 5.65 Å². The Bertz CT molecular complexity index is 841. The molecule has 4 aromatic rings. The molecule has 0 aromatic carbocycles. The maximum atomic E-state index is 4.37. The summed E-state index contributed by atoms with van der Waals surface area (Å²) in [4.78, 5) is 8.56. The number of aromatic nitrogens is 7. The molecule has 0 fully saturated rings. The van der Waals surface area contributed by atoms with Crippen LogP contribution >= 0.6 is 0 Å². The smallest absolute Gasteiger partial charge is 0.158 e. The second-order valence-corrected chi connectivity index (χ2v) is 4.40. The molecule has 7 heteroatoms. The first kappa shape index (κ1) is 10.9. The second kappa shape index (κ2) is 4.30. The van der Waals surface area contributed by atoms with Crippen LogP contribution in [0, 0.1) is 0 Å². The predicted octanol–water partition coefficient (Wildman–Crippen LogP) is 1.36. The van der Waals surface area contributed by atoms with Gasteiger partial charge < -0.3 is 4.57 Å². The third-order valence-electron chi connectivity index (χ3n) is 3.17. The molecule has 4 aromatic heterocycles. The normalized spacial score (nSPS) is 11.2. The van der Waals surface area contributed by atoms with Crippen LogP contribution in [0.4, 0.5) is 0 Å². The number of fused-ring (bicyclic) bond motifs is 1. The molecular weight excluding hydrogens is 254 g/mol. The number of hydrogen-bond donors (Lipinski definition) is 1. The molecular formula is C13H11N7. The molecule has 98 valence electrons. The lowest BCUT2D eigenvalue weighted by Crippen LogP contribution is -2.06. The first-order valence-electron chi connectivity index (χ1n) is 6.20. The van der Waals surface area contributed by atoms with E-state index in [1.165, 1.54) is 0 Å². The van der Waals surface area contributed by atoms with Crippen LogP contribution in [-0.4, -0.2) is 34.3 Å². The number of rotatable bonds is 3. The molecule has 4 rings (SSSR count). The molecule has 0 aliphatic heterocycles. The Morgan fingerprint density at radius 3 is 3.00 bits per heavy atom. The molecule has 0 radical (unpaired) electrons. The van der Waals surface area contributed by atoms with Gasteiger partial charge in [-0.15, -0.1) is 0 Å². The summed E-state index contributed by atoms with van der Waals surface area (Å²) in [6.07, 6.45) is 6.98. The van der Waals surface area contributed by atoms with Crippen LogP contribution in [0.15, 0.2) is 49.2 Å². The van der Waals surface area contributed by atoms with Crippen LogP contribution in [-0.2, 0) is 6.54 Å². The lowest BCUT2D eigenvalue weighted by atomic mass is 10.3. The zero-order valence-corrected chi connectivity index (χ0v) is 10.5. The van der Waals surface area contributed by atoms with Crippen LogP contribution in [0.2, 0.25) is 0 Å². The molecule has 0 saturated heterocycles. The number of nitrogens with one attached hydrogen (secondary N) is 1. The van der Waals surface area contributed by atoms with Crippen molar-refractivity contribution in [2.24, 2.45) is 0 Å². The van der Waals surface area contributed by atoms with Crippen molar-refractivity contribution < 1.29 is 0 Å². The quantitative estimate of drug-likeness (QED) is 0.607. The maximum absolute atomic E-state index is 4.37. The van der Waals surface area contributed by atoms with E-state index in [-0.39, 0.29) is 0 Å². The van der Waals surface area contributed by atoms with E-state index in [9.17, 15) is 0 Å². The van der Waals surface area contributed by atoms with E-state index in [1.54, 1.807) is 18.7 Å². The summed E-state index contributed by atoms with van der Waals surface area (Å²) >= 11 is 0. The molecule has 20 heavy (non-hydrogen) atoms. The zero-order chi connectivity index (χ0) is 13.4. The summed E-state index contributed by atoms with van der Waals surface area (Å²) in [7, 11) is 0. The minimum absolute atomic E-state index is 0.662. The number of hydrogen-bond acceptors (Lipinski definition) is 4. The lowest BCUT2D eigenvalue weighted by molar-refractivity contribution is 0.738. The summed E-state index contributed by atoms with van der Waals surface area (Å²) in [6, 6.07) is 7.83. The topological polar surface area (TPSA) is 76.7 Å². The number of aromatic amines is 1. The molecule has 0 aliphatic rings. The zero-order valence-electron chi connectivity index (χ0n) is 10.5. The highest BCUT2D eigenvalue weighted by atomic mass is 15.3. The van der Waals surface area contributed by atoms with Crippen molar-refractivity contribution in [1.29, 1.82) is 0 Å². The first-order chi connectivity index (χ1) is 9.92. The van der Waals surface area contributed by atoms with E-state index in [0.29, 0.717) is 6.54 Å². The van der Waals surface area contributed by atoms with E-state index in [2.05, 4.69) is 25.3 Å². The maximum Gasteiger partial charge on any atom is 0.158 e. The first-order valence-corrected chi connectivity index (χ1v) is 6.20. The Labute approximate surface area is 113 Å². The van der Waals surface area contributed by atoms with Gasteiger partial charge in [0.25, 0.3) is 0 Å². The van der Waals surface area contributed by atoms with E-state index in [1.807, 2.05) is 39.5 Å². The Hall–Kier alpha value is -2.96. The fraction of sp³-hybridized carbons (Fsp3) is 0.0769. The van der Waals surface area contributed by atoms with Crippen LogP contribution in [0.25, 0.3) is 17.2 Å². The van der Waals surface area contributed by atoms with Crippen LogP contribution in [0.3, 0.4) is 0 Å². The van der Waals surface area contributed by atoms with Gasteiger partial charge in [-0.3, -0.25) is 5.10 Å². The van der Waals surface area contributed by atoms with Gasteiger partial charge in [0.1, 0.15) is 12.0 Å². The van der Waals surface area contributed by atoms with Gasteiger partial charge in [-0.05, 0) is 18.2 Å². The van der Waals surface area contributed by atoms with Crippen molar-refractivity contribution in [3.8, 4) is 11.5 Å². The summed E-state index contributed by atoms with van der Waals surface area (Å²) in [5.41, 5.74) is 2.77. The van der Waals surface area contributed by atoms with Gasteiger partial charge >= 0.3 is 0 Å². The molecule has 7 nitrogen and oxygen atoms in total. The van der Waals surface area contributed by atoms with Crippen molar-refractivity contribution in [3.63, 3.8) is 0 Å². The summed E-state index contributed by atoms with van der Waals surface area (Å²) in [5, 5.41) is 11.1. The standard InChI is InChI=1S/C13H11N7/c1-2-10(20-12(3-1)15-9-17-20)8-19-7-6-14-13(19)11-4-5-16-18-11/h1-7,9H,8H2,(H,16,18). The number of H-pyrrole nitrogens is 1. The molecule has 0 amide bonds. The highest BCUT2D eigenvalue weighted by Gasteiger charge is 2.09. The van der Waals surface area contributed by atoms with Gasteiger partial charge in [0.2, 0.25) is 0 Å². The molecule has 0 bridgehead atoms. The Morgan fingerprint density at radius 1 is 1.10 bits per heavy atom. The SMILES string of the molecule is c1cc(Cn2ccnc2-c2ccn[nH]2)n2ncnc2c1. The largest absolute Gasteiger partial charge is 0.324 e. The van der Waals surface area contributed by atoms with Crippen molar-refractivity contribution in [2.75, 3.05) is 0 Å². The minimum atomic E-state index is 0.662. The van der Waals surface area contributed by atoms with Gasteiger partial charge in [0.05, 0.1) is 12.2 Å². The van der Waals surface area contributed by atoms with Gasteiger partial charge in [0.15, 0.2) is 11.5 Å². The van der Waals surface area contributed by atoms with Gasteiger partial charge in [0, 0.05) is 18.6 Å². The van der Waals surface area contributed by atoms with E-state index >= 15 is 0 Å². The molecule has 0 atom stereocenters. The van der Waals surface area contributed by atoms with E-state index < -0.39 is 0 Å². The average molecular weight is 265 g/mol. The summed E-state index contributed by atoms with van der Waals surface area (Å²) in [6.45, 7) is 0.662. The highest BCUT2D eigenvalue weighted by molar-refractivity contribution is 5.48. The van der Waals surface area contributed by atoms with Gasteiger partial charge in [-0.25, -0.2) is 14.5 Å². The number of nitrogens with zero attached hydrogens (tertiary/aromatic N) is 6. The van der Waals surface area contributed by atoms with Gasteiger partial charge in [-0.2, -0.15) is 10.2 Å². The van der Waals surface area contributed by atoms with Crippen molar-refractivity contribution in [1.82, 2.24) is 34.3 Å². The molecule has 0 spiro atoms. The fourth-order valence-electron chi connectivity index (χ4n) is 2.26. The van der Waals surface area contributed by atoms with Gasteiger partial charge in [-0.1, -0.05) is 6.07 Å². The van der Waals surface area contributed by atoms with Crippen molar-refractivity contribution in [3.05, 3.63) is 54.9 Å². The Kier molecular flexibility index (Phi) is 2.35. The molecule has 0 saturated carbocycles. The highest BCUT2D eigenvalue weighted by Crippen LogP contribution is 2.15. The number of imidazole rings is 1. The third kappa shape index (κ3) is 1.68. The average Bonchev–Trinajstić information content (AvgIpc) is 3.20. The molecule has 0 unspecified atom stereocenters. The fourth-order valence-corrected chi connectivity index (χ4v) is 2.26. The monoisotopic (exact) mass is 265 g/mol. The molecule has 1 N–H and O–H groups in total. The Morgan fingerprint density at radius 2 is 2.10 bits per heavy atom. The molecule has 4 heterocycles. The summed E-state index contributed by atoms with van der Waals surface area (Å²) < 4.78 is 3.88. The Balaban J connectivity index is 1.77. The minimum Gasteiger partial charge on any atom is -0.324 e. The summed E-state index contributed by atoms with van der Waals surface area (Å²) in [5.74, 6) is 0.847. The second-order valence-electron chi connectivity index (χ2n) is 4.40. The van der Waals surface area contributed by atoms with Crippen LogP contribution in [0.5, 0.6) is 0 Å². The van der Waals surface area contributed by atoms with E-state index in [4.69, 9.17) is 0 Å². The predicted molar refractivity (Wildman–Crippen MR) is 71.9 cm³/mol. The number of pyridine rings is 1. The van der Waals surface area contributed by atoms with E-state index in [0.717, 1.165) is 22.9 Å². The van der Waals surface area contributed by atoms with Crippen LogP contribution in [0.1, 0.15) is 5.69 Å². The van der Waals surface area contributed by atoms with Crippen LogP contribution < -0.4 is 0 Å². The third-order valence-corrected chi connectivity index (χ3v) is 3.17. The lowest BCUT2D eigenvalue weighted by Gasteiger charge is -2.08.